The number of nitrogens with zero attached hydrogens (tertiary/aromatic N) is 1. The number of anilines is 1. The van der Waals surface area contributed by atoms with Crippen LogP contribution in [0.3, 0.4) is 0 Å². The molecule has 0 aliphatic heterocycles. The first-order valence-electron chi connectivity index (χ1n) is 8.06. The van der Waals surface area contributed by atoms with Crippen LogP contribution in [-0.2, 0) is 12.7 Å². The fourth-order valence-electron chi connectivity index (χ4n) is 2.56. The second kappa shape index (κ2) is 7.49. The third kappa shape index (κ3) is 4.63. The standard InChI is InChI=1S/C20H15F3N2O2/c21-20(22,23)16-6-4-5-14(11-16)12-25-13-15(9-10-18(25)26)19(27)24-17-7-2-1-3-8-17/h1-11,13H,12H2,(H,24,27). The molecule has 0 bridgehead atoms. The number of carbonyl (C=O) groups excluding carboxylic acids is 1. The van der Waals surface area contributed by atoms with E-state index in [0.717, 1.165) is 12.1 Å². The summed E-state index contributed by atoms with van der Waals surface area (Å²) in [6.45, 7) is -0.0742. The Hall–Kier alpha value is -3.35. The largest absolute Gasteiger partial charge is 0.416 e. The van der Waals surface area contributed by atoms with Crippen LogP contribution in [0.25, 0.3) is 0 Å². The summed E-state index contributed by atoms with van der Waals surface area (Å²) in [7, 11) is 0. The first-order chi connectivity index (χ1) is 12.8. The molecule has 1 heterocycles. The van der Waals surface area contributed by atoms with Crippen molar-refractivity contribution in [2.75, 3.05) is 5.32 Å². The van der Waals surface area contributed by atoms with Gasteiger partial charge >= 0.3 is 6.18 Å². The van der Waals surface area contributed by atoms with Crippen LogP contribution in [0.4, 0.5) is 18.9 Å². The molecule has 1 aromatic heterocycles. The van der Waals surface area contributed by atoms with Gasteiger partial charge in [0.05, 0.1) is 17.7 Å². The van der Waals surface area contributed by atoms with Crippen molar-refractivity contribution >= 4 is 11.6 Å². The van der Waals surface area contributed by atoms with Crippen LogP contribution >= 0.6 is 0 Å². The highest BCUT2D eigenvalue weighted by Crippen LogP contribution is 2.29. The molecule has 27 heavy (non-hydrogen) atoms. The Morgan fingerprint density at radius 1 is 0.963 bits per heavy atom. The Kier molecular flexibility index (Phi) is 5.12. The molecule has 0 spiro atoms. The minimum Gasteiger partial charge on any atom is -0.322 e. The zero-order valence-corrected chi connectivity index (χ0v) is 14.0. The molecular weight excluding hydrogens is 357 g/mol. The first-order valence-corrected chi connectivity index (χ1v) is 8.06. The number of pyridine rings is 1. The van der Waals surface area contributed by atoms with Gasteiger partial charge in [0.25, 0.3) is 11.5 Å². The quantitative estimate of drug-likeness (QED) is 0.747. The molecular formula is C20H15F3N2O2. The van der Waals surface area contributed by atoms with Gasteiger partial charge in [0.2, 0.25) is 0 Å². The van der Waals surface area contributed by atoms with Gasteiger partial charge in [-0.25, -0.2) is 0 Å². The Balaban J connectivity index is 1.84. The molecule has 0 saturated heterocycles. The molecule has 0 radical (unpaired) electrons. The highest BCUT2D eigenvalue weighted by molar-refractivity contribution is 6.04. The zero-order valence-electron chi connectivity index (χ0n) is 14.0. The first kappa shape index (κ1) is 18.4. The summed E-state index contributed by atoms with van der Waals surface area (Å²) in [5.74, 6) is -0.418. The Bertz CT molecular complexity index is 1010. The van der Waals surface area contributed by atoms with E-state index in [4.69, 9.17) is 0 Å². The topological polar surface area (TPSA) is 51.1 Å². The van der Waals surface area contributed by atoms with E-state index in [9.17, 15) is 22.8 Å². The number of nitrogens with one attached hydrogen (secondary N) is 1. The molecule has 0 aliphatic carbocycles. The Morgan fingerprint density at radius 2 is 1.70 bits per heavy atom. The molecule has 4 nitrogen and oxygen atoms in total. The maximum absolute atomic E-state index is 12.8. The van der Waals surface area contributed by atoms with Crippen molar-refractivity contribution in [2.45, 2.75) is 12.7 Å². The molecule has 2 aromatic carbocycles. The molecule has 0 unspecified atom stereocenters. The number of rotatable bonds is 4. The smallest absolute Gasteiger partial charge is 0.322 e. The van der Waals surface area contributed by atoms with Gasteiger partial charge in [0.1, 0.15) is 0 Å². The summed E-state index contributed by atoms with van der Waals surface area (Å²) in [6, 6.07) is 16.1. The van der Waals surface area contributed by atoms with E-state index in [-0.39, 0.29) is 12.1 Å². The highest BCUT2D eigenvalue weighted by Gasteiger charge is 2.30. The number of benzene rings is 2. The van der Waals surface area contributed by atoms with Crippen LogP contribution < -0.4 is 10.9 Å². The number of alkyl halides is 3. The van der Waals surface area contributed by atoms with E-state index in [1.54, 1.807) is 24.3 Å². The van der Waals surface area contributed by atoms with Crippen molar-refractivity contribution < 1.29 is 18.0 Å². The van der Waals surface area contributed by atoms with Crippen molar-refractivity contribution in [3.8, 4) is 0 Å². The van der Waals surface area contributed by atoms with E-state index >= 15 is 0 Å². The molecule has 3 aromatic rings. The van der Waals surface area contributed by atoms with Gasteiger partial charge in [-0.1, -0.05) is 30.3 Å². The predicted octanol–water partition coefficient (Wildman–Crippen LogP) is 4.17. The third-order valence-electron chi connectivity index (χ3n) is 3.88. The summed E-state index contributed by atoms with van der Waals surface area (Å²) < 4.78 is 39.7. The van der Waals surface area contributed by atoms with Crippen molar-refractivity contribution in [1.29, 1.82) is 0 Å². The SMILES string of the molecule is O=C(Nc1ccccc1)c1ccc(=O)n(Cc2cccc(C(F)(F)F)c2)c1. The van der Waals surface area contributed by atoms with Crippen LogP contribution in [0, 0.1) is 0 Å². The number of para-hydroxylation sites is 1. The van der Waals surface area contributed by atoms with Gasteiger partial charge in [-0.3, -0.25) is 9.59 Å². The van der Waals surface area contributed by atoms with Gasteiger partial charge in [0, 0.05) is 18.0 Å². The lowest BCUT2D eigenvalue weighted by molar-refractivity contribution is -0.137. The van der Waals surface area contributed by atoms with E-state index in [1.165, 1.54) is 35.0 Å². The van der Waals surface area contributed by atoms with Crippen molar-refractivity contribution in [2.24, 2.45) is 0 Å². The second-order valence-corrected chi connectivity index (χ2v) is 5.90. The molecule has 1 amide bonds. The normalized spacial score (nSPS) is 11.2. The van der Waals surface area contributed by atoms with E-state index in [1.807, 2.05) is 6.07 Å². The van der Waals surface area contributed by atoms with E-state index in [2.05, 4.69) is 5.32 Å². The number of hydrogen-bond acceptors (Lipinski definition) is 2. The van der Waals surface area contributed by atoms with Crippen LogP contribution in [0.2, 0.25) is 0 Å². The lowest BCUT2D eigenvalue weighted by Crippen LogP contribution is -2.22. The van der Waals surface area contributed by atoms with Gasteiger partial charge in [-0.15, -0.1) is 0 Å². The predicted molar refractivity (Wildman–Crippen MR) is 95.6 cm³/mol. The molecule has 0 aliphatic rings. The Labute approximate surface area is 152 Å². The van der Waals surface area contributed by atoms with E-state index < -0.39 is 23.2 Å². The number of hydrogen-bond donors (Lipinski definition) is 1. The van der Waals surface area contributed by atoms with Crippen LogP contribution in [0.5, 0.6) is 0 Å². The second-order valence-electron chi connectivity index (χ2n) is 5.90. The number of carbonyl (C=O) groups is 1. The fraction of sp³-hybridized carbons (Fsp3) is 0.100. The van der Waals surface area contributed by atoms with Crippen molar-refractivity contribution in [3.05, 3.63) is 100.0 Å². The van der Waals surface area contributed by atoms with Crippen LogP contribution in [0.1, 0.15) is 21.5 Å². The summed E-state index contributed by atoms with van der Waals surface area (Å²) >= 11 is 0. The number of aromatic nitrogens is 1. The summed E-state index contributed by atoms with van der Waals surface area (Å²) in [5.41, 5.74) is -0.0641. The average molecular weight is 372 g/mol. The monoisotopic (exact) mass is 372 g/mol. The molecule has 0 fully saturated rings. The summed E-state index contributed by atoms with van der Waals surface area (Å²) in [6.07, 6.45) is -3.13. The minimum atomic E-state index is -4.46. The van der Waals surface area contributed by atoms with Gasteiger partial charge in [-0.2, -0.15) is 13.2 Å². The third-order valence-corrected chi connectivity index (χ3v) is 3.88. The summed E-state index contributed by atoms with van der Waals surface area (Å²) in [4.78, 5) is 24.4. The lowest BCUT2D eigenvalue weighted by Gasteiger charge is -2.11. The zero-order chi connectivity index (χ0) is 19.4. The van der Waals surface area contributed by atoms with Crippen molar-refractivity contribution in [1.82, 2.24) is 4.57 Å². The van der Waals surface area contributed by atoms with E-state index in [0.29, 0.717) is 11.3 Å². The van der Waals surface area contributed by atoms with Gasteiger partial charge in [-0.05, 0) is 35.9 Å². The minimum absolute atomic E-state index is 0.0742. The van der Waals surface area contributed by atoms with Crippen LogP contribution in [0.15, 0.2) is 77.7 Å². The Morgan fingerprint density at radius 3 is 2.41 bits per heavy atom. The average Bonchev–Trinajstić information content (AvgIpc) is 2.64. The fourth-order valence-corrected chi connectivity index (χ4v) is 2.56. The van der Waals surface area contributed by atoms with Gasteiger partial charge in [0.15, 0.2) is 0 Å². The highest BCUT2D eigenvalue weighted by atomic mass is 19.4. The number of halogens is 3. The molecule has 138 valence electrons. The van der Waals surface area contributed by atoms with Crippen LogP contribution in [-0.4, -0.2) is 10.5 Å². The molecule has 1 N–H and O–H groups in total. The van der Waals surface area contributed by atoms with Gasteiger partial charge < -0.3 is 9.88 Å². The molecule has 7 heteroatoms. The maximum Gasteiger partial charge on any atom is 0.416 e. The number of amides is 1. The molecule has 3 rings (SSSR count). The summed E-state index contributed by atoms with van der Waals surface area (Å²) in [5, 5.41) is 2.69. The maximum atomic E-state index is 12.8. The molecule has 0 saturated carbocycles. The lowest BCUT2D eigenvalue weighted by atomic mass is 10.1. The van der Waals surface area contributed by atoms with Crippen molar-refractivity contribution in [3.63, 3.8) is 0 Å². The molecule has 0 atom stereocenters.